The number of amides is 1. The van der Waals surface area contributed by atoms with Crippen LogP contribution in [0.25, 0.3) is 0 Å². The molecule has 1 amide bonds. The van der Waals surface area contributed by atoms with E-state index in [-0.39, 0.29) is 5.91 Å². The third kappa shape index (κ3) is 2.99. The Morgan fingerprint density at radius 3 is 2.67 bits per heavy atom. The van der Waals surface area contributed by atoms with Crippen molar-refractivity contribution in [3.63, 3.8) is 0 Å². The van der Waals surface area contributed by atoms with Gasteiger partial charge in [-0.2, -0.15) is 0 Å². The summed E-state index contributed by atoms with van der Waals surface area (Å²) in [5, 5.41) is 0.936. The normalized spacial score (nSPS) is 22.4. The Hall–Kier alpha value is -0.730. The molecule has 1 saturated carbocycles. The lowest BCUT2D eigenvalue weighted by atomic mass is 9.84. The number of carbonyl (C=O) groups is 1. The van der Waals surface area contributed by atoms with E-state index in [2.05, 4.69) is 0 Å². The summed E-state index contributed by atoms with van der Waals surface area (Å²) in [4.78, 5) is 14.0. The molecule has 0 radical (unpaired) electrons. The third-order valence-corrected chi connectivity index (χ3v) is 4.24. The van der Waals surface area contributed by atoms with Crippen LogP contribution in [0.3, 0.4) is 0 Å². The maximum Gasteiger partial charge on any atom is 0.253 e. The lowest BCUT2D eigenvalue weighted by Crippen LogP contribution is -2.37. The van der Waals surface area contributed by atoms with E-state index in [1.807, 2.05) is 26.1 Å². The first-order valence-electron chi connectivity index (χ1n) is 6.13. The number of benzene rings is 1. The van der Waals surface area contributed by atoms with Gasteiger partial charge in [-0.3, -0.25) is 4.79 Å². The summed E-state index contributed by atoms with van der Waals surface area (Å²) in [7, 11) is 1.83. The maximum absolute atomic E-state index is 12.2. The quantitative estimate of drug-likeness (QED) is 0.775. The molecule has 1 aliphatic rings. The molecule has 0 heterocycles. The molecular formula is C14H17Cl2NO. The Morgan fingerprint density at radius 2 is 2.11 bits per heavy atom. The van der Waals surface area contributed by atoms with Gasteiger partial charge in [-0.05, 0) is 43.4 Å². The molecule has 0 aromatic heterocycles. The zero-order valence-corrected chi connectivity index (χ0v) is 12.1. The van der Waals surface area contributed by atoms with E-state index in [9.17, 15) is 4.79 Å². The fourth-order valence-electron chi connectivity index (χ4n) is 2.22. The molecule has 0 N–H and O–H groups in total. The summed E-state index contributed by atoms with van der Waals surface area (Å²) in [5.74, 6) is 0.567. The molecule has 1 aromatic carbocycles. The van der Waals surface area contributed by atoms with Gasteiger partial charge in [0.25, 0.3) is 5.91 Å². The van der Waals surface area contributed by atoms with E-state index in [4.69, 9.17) is 23.2 Å². The Labute approximate surface area is 118 Å². The van der Waals surface area contributed by atoms with E-state index in [1.165, 1.54) is 0 Å². The molecule has 4 heteroatoms. The number of hydrogen-bond donors (Lipinski definition) is 0. The van der Waals surface area contributed by atoms with Crippen molar-refractivity contribution in [2.75, 3.05) is 13.6 Å². The van der Waals surface area contributed by atoms with Crippen LogP contribution in [0.4, 0.5) is 0 Å². The van der Waals surface area contributed by atoms with Crippen LogP contribution in [-0.2, 0) is 0 Å². The Morgan fingerprint density at radius 1 is 1.44 bits per heavy atom. The van der Waals surface area contributed by atoms with Crippen molar-refractivity contribution in [3.05, 3.63) is 34.3 Å². The molecule has 1 aromatic rings. The van der Waals surface area contributed by atoms with Crippen molar-refractivity contribution >= 4 is 29.1 Å². The highest BCUT2D eigenvalue weighted by Crippen LogP contribution is 2.32. The number of aryl methyl sites for hydroxylation is 1. The lowest BCUT2D eigenvalue weighted by molar-refractivity contribution is 0.0747. The predicted octanol–water partition coefficient (Wildman–Crippen LogP) is 3.74. The highest BCUT2D eigenvalue weighted by atomic mass is 35.5. The van der Waals surface area contributed by atoms with Crippen molar-refractivity contribution in [2.45, 2.75) is 25.1 Å². The fourth-order valence-corrected chi connectivity index (χ4v) is 2.90. The standard InChI is InChI=1S/C14H17Cl2NO/c1-9-3-4-11(7-13(9)16)14(18)17(2)8-10-5-12(15)6-10/h3-4,7,10,12H,5-6,8H2,1-2H3. The molecule has 0 aliphatic heterocycles. The van der Waals surface area contributed by atoms with E-state index >= 15 is 0 Å². The Bertz CT molecular complexity index is 455. The van der Waals surface area contributed by atoms with Crippen molar-refractivity contribution in [2.24, 2.45) is 5.92 Å². The van der Waals surface area contributed by atoms with E-state index in [0.717, 1.165) is 24.9 Å². The number of hydrogen-bond acceptors (Lipinski definition) is 1. The molecule has 1 aliphatic carbocycles. The van der Waals surface area contributed by atoms with Crippen LogP contribution in [0.1, 0.15) is 28.8 Å². The van der Waals surface area contributed by atoms with Gasteiger partial charge in [0.2, 0.25) is 0 Å². The average molecular weight is 286 g/mol. The van der Waals surface area contributed by atoms with Crippen LogP contribution in [0.2, 0.25) is 5.02 Å². The van der Waals surface area contributed by atoms with Crippen LogP contribution in [-0.4, -0.2) is 29.8 Å². The number of nitrogens with zero attached hydrogens (tertiary/aromatic N) is 1. The molecule has 0 atom stereocenters. The van der Waals surface area contributed by atoms with Gasteiger partial charge in [-0.1, -0.05) is 17.7 Å². The van der Waals surface area contributed by atoms with Crippen LogP contribution in [0.15, 0.2) is 18.2 Å². The Kier molecular flexibility index (Phi) is 4.18. The van der Waals surface area contributed by atoms with E-state index in [1.54, 1.807) is 11.0 Å². The van der Waals surface area contributed by atoms with E-state index < -0.39 is 0 Å². The molecule has 2 nitrogen and oxygen atoms in total. The molecule has 0 unspecified atom stereocenters. The molecule has 0 saturated heterocycles. The first-order valence-corrected chi connectivity index (χ1v) is 6.94. The fraction of sp³-hybridized carbons (Fsp3) is 0.500. The summed E-state index contributed by atoms with van der Waals surface area (Å²) < 4.78 is 0. The molecule has 98 valence electrons. The minimum atomic E-state index is 0.0231. The number of alkyl halides is 1. The topological polar surface area (TPSA) is 20.3 Å². The third-order valence-electron chi connectivity index (χ3n) is 3.48. The summed E-state index contributed by atoms with van der Waals surface area (Å²) in [6.07, 6.45) is 2.02. The summed E-state index contributed by atoms with van der Waals surface area (Å²) >= 11 is 12.0. The average Bonchev–Trinajstić information content (AvgIpc) is 2.29. The number of carbonyl (C=O) groups excluding carboxylic acids is 1. The second-order valence-electron chi connectivity index (χ2n) is 5.08. The summed E-state index contributed by atoms with van der Waals surface area (Å²) in [5.41, 5.74) is 1.63. The minimum absolute atomic E-state index is 0.0231. The second-order valence-corrected chi connectivity index (χ2v) is 6.11. The largest absolute Gasteiger partial charge is 0.341 e. The second kappa shape index (κ2) is 5.50. The zero-order chi connectivity index (χ0) is 13.3. The van der Waals surface area contributed by atoms with Crippen LogP contribution in [0, 0.1) is 12.8 Å². The summed E-state index contributed by atoms with van der Waals surface area (Å²) in [6.45, 7) is 2.70. The number of halogens is 2. The highest BCUT2D eigenvalue weighted by molar-refractivity contribution is 6.31. The summed E-state index contributed by atoms with van der Waals surface area (Å²) in [6, 6.07) is 5.44. The SMILES string of the molecule is Cc1ccc(C(=O)N(C)CC2CC(Cl)C2)cc1Cl. The van der Waals surface area contributed by atoms with Gasteiger partial charge < -0.3 is 4.90 Å². The van der Waals surface area contributed by atoms with Crippen LogP contribution in [0.5, 0.6) is 0 Å². The molecule has 0 bridgehead atoms. The first kappa shape index (κ1) is 13.7. The van der Waals surface area contributed by atoms with Gasteiger partial charge in [0.1, 0.15) is 0 Å². The van der Waals surface area contributed by atoms with Crippen molar-refractivity contribution in [3.8, 4) is 0 Å². The molecule has 1 fully saturated rings. The zero-order valence-electron chi connectivity index (χ0n) is 10.6. The van der Waals surface area contributed by atoms with Gasteiger partial charge in [0.15, 0.2) is 0 Å². The van der Waals surface area contributed by atoms with Gasteiger partial charge >= 0.3 is 0 Å². The first-order chi connectivity index (χ1) is 8.47. The van der Waals surface area contributed by atoms with Gasteiger partial charge in [0, 0.05) is 29.6 Å². The van der Waals surface area contributed by atoms with Gasteiger partial charge in [-0.15, -0.1) is 11.6 Å². The molecular weight excluding hydrogens is 269 g/mol. The van der Waals surface area contributed by atoms with Crippen molar-refractivity contribution in [1.29, 1.82) is 0 Å². The van der Waals surface area contributed by atoms with E-state index in [0.29, 0.717) is 21.9 Å². The monoisotopic (exact) mass is 285 g/mol. The van der Waals surface area contributed by atoms with Crippen molar-refractivity contribution in [1.82, 2.24) is 4.90 Å². The van der Waals surface area contributed by atoms with Crippen molar-refractivity contribution < 1.29 is 4.79 Å². The maximum atomic E-state index is 12.2. The lowest BCUT2D eigenvalue weighted by Gasteiger charge is -2.34. The van der Waals surface area contributed by atoms with Gasteiger partial charge in [0.05, 0.1) is 0 Å². The Balaban J connectivity index is 1.99. The van der Waals surface area contributed by atoms with Crippen LogP contribution < -0.4 is 0 Å². The van der Waals surface area contributed by atoms with Gasteiger partial charge in [-0.25, -0.2) is 0 Å². The minimum Gasteiger partial charge on any atom is -0.341 e. The van der Waals surface area contributed by atoms with Crippen LogP contribution >= 0.6 is 23.2 Å². The molecule has 0 spiro atoms. The smallest absolute Gasteiger partial charge is 0.253 e. The predicted molar refractivity (Wildman–Crippen MR) is 75.5 cm³/mol. The molecule has 18 heavy (non-hydrogen) atoms. The number of rotatable bonds is 3. The molecule has 2 rings (SSSR count). The highest BCUT2D eigenvalue weighted by Gasteiger charge is 2.29.